The zero-order valence-corrected chi connectivity index (χ0v) is 15.8. The Labute approximate surface area is 152 Å². The van der Waals surface area contributed by atoms with E-state index >= 15 is 0 Å². The van der Waals surface area contributed by atoms with Crippen LogP contribution in [0.15, 0.2) is 17.2 Å². The van der Waals surface area contributed by atoms with Crippen molar-refractivity contribution in [3.63, 3.8) is 0 Å². The van der Waals surface area contributed by atoms with Crippen LogP contribution in [-0.4, -0.2) is 25.2 Å². The first-order valence-electron chi connectivity index (χ1n) is 9.51. The Morgan fingerprint density at radius 2 is 2.00 bits per heavy atom. The summed E-state index contributed by atoms with van der Waals surface area (Å²) in [7, 11) is 0. The Kier molecular flexibility index (Phi) is 5.44. The summed E-state index contributed by atoms with van der Waals surface area (Å²) in [5.74, 6) is -0.111. The van der Waals surface area contributed by atoms with E-state index in [0.717, 1.165) is 43.3 Å². The van der Waals surface area contributed by atoms with Gasteiger partial charge in [-0.2, -0.15) is 0 Å². The van der Waals surface area contributed by atoms with E-state index in [4.69, 9.17) is 4.98 Å². The summed E-state index contributed by atoms with van der Waals surface area (Å²) in [6.07, 6.45) is 8.19. The maximum absolute atomic E-state index is 12.8. The molecule has 0 aromatic carbocycles. The Morgan fingerprint density at radius 1 is 1.19 bits per heavy atom. The number of fused-ring (bicyclic) bond motifs is 2. The van der Waals surface area contributed by atoms with Crippen LogP contribution in [0.5, 0.6) is 0 Å². The summed E-state index contributed by atoms with van der Waals surface area (Å²) in [5, 5.41) is 7.42. The standard InChI is InChI=1S/C19H27N5O2/c1-4-7-8-10-24-18-13(11-20-24)17(22-15(25)6-3)16-14(21-18)12-23(9-5-2)19(16)26/h11-12,20H,4-10H2,1-3H3,(H,22,25). The van der Waals surface area contributed by atoms with Gasteiger partial charge in [0.05, 0.1) is 22.0 Å². The fourth-order valence-electron chi connectivity index (χ4n) is 3.27. The number of amides is 1. The lowest BCUT2D eigenvalue weighted by molar-refractivity contribution is -0.115. The van der Waals surface area contributed by atoms with Crippen molar-refractivity contribution < 1.29 is 4.79 Å². The molecule has 7 nitrogen and oxygen atoms in total. The minimum Gasteiger partial charge on any atom is -0.325 e. The van der Waals surface area contributed by atoms with Crippen LogP contribution in [-0.2, 0) is 17.9 Å². The van der Waals surface area contributed by atoms with Crippen molar-refractivity contribution in [2.45, 2.75) is 66.0 Å². The first kappa shape index (κ1) is 18.2. The third kappa shape index (κ3) is 3.25. The number of pyridine rings is 1. The molecule has 0 fully saturated rings. The number of H-pyrrole nitrogens is 1. The van der Waals surface area contributed by atoms with Gasteiger partial charge in [0.1, 0.15) is 0 Å². The number of rotatable bonds is 8. The van der Waals surface area contributed by atoms with Crippen LogP contribution >= 0.6 is 0 Å². The SMILES string of the molecule is CCCCCn1[nH]cc2c(NC(=O)CC)c3c(=O)n(CCC)cc3nc21. The number of aryl methyl sites for hydroxylation is 2. The van der Waals surface area contributed by atoms with Gasteiger partial charge >= 0.3 is 0 Å². The molecule has 3 heterocycles. The van der Waals surface area contributed by atoms with Crippen LogP contribution in [0.25, 0.3) is 21.9 Å². The highest BCUT2D eigenvalue weighted by Gasteiger charge is 2.19. The molecule has 0 unspecified atom stereocenters. The summed E-state index contributed by atoms with van der Waals surface area (Å²) in [6.45, 7) is 7.47. The molecule has 3 rings (SSSR count). The van der Waals surface area contributed by atoms with Gasteiger partial charge in [0.15, 0.2) is 5.65 Å². The molecular weight excluding hydrogens is 330 g/mol. The van der Waals surface area contributed by atoms with Crippen LogP contribution in [0.2, 0.25) is 0 Å². The molecule has 0 saturated heterocycles. The lowest BCUT2D eigenvalue weighted by atomic mass is 10.2. The quantitative estimate of drug-likeness (QED) is 0.604. The average molecular weight is 357 g/mol. The minimum absolute atomic E-state index is 0.0959. The highest BCUT2D eigenvalue weighted by atomic mass is 16.1. The Hall–Kier alpha value is -2.57. The number of carbonyl (C=O) groups is 1. The van der Waals surface area contributed by atoms with Gasteiger partial charge in [0, 0.05) is 31.9 Å². The van der Waals surface area contributed by atoms with Crippen molar-refractivity contribution in [2.75, 3.05) is 5.32 Å². The molecule has 0 saturated carbocycles. The van der Waals surface area contributed by atoms with Crippen molar-refractivity contribution in [1.29, 1.82) is 0 Å². The molecule has 0 aliphatic rings. The van der Waals surface area contributed by atoms with Gasteiger partial charge in [-0.25, -0.2) is 4.98 Å². The van der Waals surface area contributed by atoms with E-state index in [9.17, 15) is 9.59 Å². The van der Waals surface area contributed by atoms with Crippen LogP contribution in [0.1, 0.15) is 52.9 Å². The van der Waals surface area contributed by atoms with E-state index < -0.39 is 0 Å². The number of nitrogens with zero attached hydrogens (tertiary/aromatic N) is 3. The summed E-state index contributed by atoms with van der Waals surface area (Å²) >= 11 is 0. The third-order valence-corrected chi connectivity index (χ3v) is 4.65. The monoisotopic (exact) mass is 357 g/mol. The van der Waals surface area contributed by atoms with Gasteiger partial charge in [-0.3, -0.25) is 14.3 Å². The van der Waals surface area contributed by atoms with Gasteiger partial charge < -0.3 is 15.0 Å². The van der Waals surface area contributed by atoms with E-state index in [1.165, 1.54) is 0 Å². The Balaban J connectivity index is 2.20. The lowest BCUT2D eigenvalue weighted by Crippen LogP contribution is -2.17. The second-order valence-corrected chi connectivity index (χ2v) is 6.65. The first-order chi connectivity index (χ1) is 12.6. The molecule has 3 aromatic heterocycles. The van der Waals surface area contributed by atoms with Crippen molar-refractivity contribution in [2.24, 2.45) is 0 Å². The summed E-state index contributed by atoms with van der Waals surface area (Å²) < 4.78 is 3.68. The molecule has 0 atom stereocenters. The normalized spacial score (nSPS) is 11.5. The molecule has 0 radical (unpaired) electrons. The minimum atomic E-state index is -0.111. The maximum atomic E-state index is 12.8. The molecule has 1 amide bonds. The van der Waals surface area contributed by atoms with Crippen molar-refractivity contribution in [1.82, 2.24) is 19.3 Å². The highest BCUT2D eigenvalue weighted by Crippen LogP contribution is 2.29. The zero-order valence-electron chi connectivity index (χ0n) is 15.8. The number of aromatic amines is 1. The third-order valence-electron chi connectivity index (χ3n) is 4.65. The predicted molar refractivity (Wildman–Crippen MR) is 105 cm³/mol. The van der Waals surface area contributed by atoms with Crippen LogP contribution in [0.4, 0.5) is 5.69 Å². The molecule has 0 bridgehead atoms. The number of carbonyl (C=O) groups excluding carboxylic acids is 1. The molecule has 3 aromatic rings. The molecular formula is C19H27N5O2. The first-order valence-corrected chi connectivity index (χ1v) is 9.51. The number of hydrogen-bond acceptors (Lipinski definition) is 3. The Bertz CT molecular complexity index is 979. The van der Waals surface area contributed by atoms with Gasteiger partial charge in [-0.1, -0.05) is 33.6 Å². The molecule has 0 aliphatic carbocycles. The van der Waals surface area contributed by atoms with Crippen molar-refractivity contribution in [3.8, 4) is 0 Å². The fraction of sp³-hybridized carbons (Fsp3) is 0.526. The smallest absolute Gasteiger partial charge is 0.262 e. The van der Waals surface area contributed by atoms with Crippen LogP contribution in [0, 0.1) is 0 Å². The largest absolute Gasteiger partial charge is 0.325 e. The van der Waals surface area contributed by atoms with Gasteiger partial charge in [-0.05, 0) is 12.8 Å². The summed E-state index contributed by atoms with van der Waals surface area (Å²) in [4.78, 5) is 29.6. The van der Waals surface area contributed by atoms with E-state index in [2.05, 4.69) is 17.3 Å². The van der Waals surface area contributed by atoms with E-state index in [-0.39, 0.29) is 11.5 Å². The van der Waals surface area contributed by atoms with Gasteiger partial charge in [0.2, 0.25) is 5.91 Å². The number of aromatic nitrogens is 4. The number of nitrogens with one attached hydrogen (secondary N) is 2. The summed E-state index contributed by atoms with van der Waals surface area (Å²) in [6, 6.07) is 0. The zero-order chi connectivity index (χ0) is 18.7. The lowest BCUT2D eigenvalue weighted by Gasteiger charge is -2.08. The van der Waals surface area contributed by atoms with Gasteiger partial charge in [-0.15, -0.1) is 0 Å². The van der Waals surface area contributed by atoms with Crippen molar-refractivity contribution in [3.05, 3.63) is 22.7 Å². The molecule has 7 heteroatoms. The predicted octanol–water partition coefficient (Wildman–Crippen LogP) is 3.63. The molecule has 2 N–H and O–H groups in total. The molecule has 0 spiro atoms. The van der Waals surface area contributed by atoms with E-state index in [1.54, 1.807) is 17.7 Å². The maximum Gasteiger partial charge on any atom is 0.262 e. The molecule has 0 aliphatic heterocycles. The number of hydrogen-bond donors (Lipinski definition) is 2. The number of unbranched alkanes of at least 4 members (excludes halogenated alkanes) is 2. The van der Waals surface area contributed by atoms with Crippen molar-refractivity contribution >= 4 is 33.5 Å². The molecule has 26 heavy (non-hydrogen) atoms. The van der Waals surface area contributed by atoms with Gasteiger partial charge in [0.25, 0.3) is 5.56 Å². The van der Waals surface area contributed by atoms with E-state index in [1.807, 2.05) is 17.8 Å². The van der Waals surface area contributed by atoms with Crippen LogP contribution < -0.4 is 10.9 Å². The highest BCUT2D eigenvalue weighted by molar-refractivity contribution is 6.11. The van der Waals surface area contributed by atoms with E-state index in [0.29, 0.717) is 29.6 Å². The second-order valence-electron chi connectivity index (χ2n) is 6.65. The van der Waals surface area contributed by atoms with Crippen LogP contribution in [0.3, 0.4) is 0 Å². The topological polar surface area (TPSA) is 84.7 Å². The second kappa shape index (κ2) is 7.76. The molecule has 140 valence electrons. The Morgan fingerprint density at radius 3 is 2.69 bits per heavy atom. The average Bonchev–Trinajstić information content (AvgIpc) is 3.17. The number of anilines is 1. The summed E-state index contributed by atoms with van der Waals surface area (Å²) in [5.41, 5.74) is 1.88. The fourth-order valence-corrected chi connectivity index (χ4v) is 3.27.